The Labute approximate surface area is 200 Å². The van der Waals surface area contributed by atoms with Crippen molar-refractivity contribution in [2.24, 2.45) is 0 Å². The van der Waals surface area contributed by atoms with Crippen molar-refractivity contribution in [1.29, 1.82) is 0 Å². The molecule has 2 aliphatic rings. The molecule has 1 fully saturated rings. The van der Waals surface area contributed by atoms with Gasteiger partial charge in [-0.25, -0.2) is 9.18 Å². The highest BCUT2D eigenvalue weighted by molar-refractivity contribution is 5.80. The predicted octanol–water partition coefficient (Wildman–Crippen LogP) is 5.90. The van der Waals surface area contributed by atoms with Crippen LogP contribution in [-0.4, -0.2) is 41.5 Å². The molecule has 1 aromatic carbocycles. The third-order valence-corrected chi connectivity index (χ3v) is 5.91. The van der Waals surface area contributed by atoms with Crippen LogP contribution in [0.25, 0.3) is 0 Å². The molecule has 1 heterocycles. The van der Waals surface area contributed by atoms with Gasteiger partial charge in [-0.15, -0.1) is 0 Å². The Morgan fingerprint density at radius 2 is 2.06 bits per heavy atom. The molecular formula is C27H31FN2O4. The SMILES string of the molecule is C=C1/C(=C\C=C\C2=C(C)CCCC=C2)N(C(C)=O)[C@@H](C)CN1C(=O)Oc1ccc(OC)cc1F. The lowest BCUT2D eigenvalue weighted by Crippen LogP contribution is -2.52. The van der Waals surface area contributed by atoms with Gasteiger partial charge in [-0.3, -0.25) is 9.69 Å². The number of halogens is 1. The number of piperazine rings is 1. The minimum Gasteiger partial charge on any atom is -0.497 e. The fourth-order valence-electron chi connectivity index (χ4n) is 4.08. The van der Waals surface area contributed by atoms with Crippen molar-refractivity contribution in [3.63, 3.8) is 0 Å². The number of hydrogen-bond donors (Lipinski definition) is 0. The standard InChI is InChI=1S/C27H31FN2O4/c1-18-10-7-6-8-11-22(18)12-9-13-25-20(3)29(17-19(2)30(25)21(4)31)27(32)34-26-15-14-23(33-5)16-24(26)28/h8-9,11-16,19H,3,6-7,10,17H2,1-2,4-5H3/b12-9+,25-13+/t19-/m0/s1. The second-order valence-corrected chi connectivity index (χ2v) is 8.40. The van der Waals surface area contributed by atoms with Crippen molar-refractivity contribution >= 4 is 12.0 Å². The topological polar surface area (TPSA) is 59.1 Å². The number of benzene rings is 1. The molecule has 1 saturated heterocycles. The molecule has 0 unspecified atom stereocenters. The van der Waals surface area contributed by atoms with Crippen molar-refractivity contribution in [3.05, 3.63) is 83.5 Å². The van der Waals surface area contributed by atoms with Crippen LogP contribution in [0.4, 0.5) is 9.18 Å². The second-order valence-electron chi connectivity index (χ2n) is 8.40. The number of nitrogens with zero attached hydrogens (tertiary/aromatic N) is 2. The van der Waals surface area contributed by atoms with Gasteiger partial charge in [0.1, 0.15) is 5.75 Å². The lowest BCUT2D eigenvalue weighted by atomic mass is 10.1. The average molecular weight is 467 g/mol. The van der Waals surface area contributed by atoms with Crippen LogP contribution < -0.4 is 9.47 Å². The Hall–Kier alpha value is -3.61. The van der Waals surface area contributed by atoms with Gasteiger partial charge in [0.15, 0.2) is 11.6 Å². The van der Waals surface area contributed by atoms with Crippen molar-refractivity contribution < 1.29 is 23.5 Å². The monoisotopic (exact) mass is 466 g/mol. The molecule has 0 spiro atoms. The molecule has 1 atom stereocenters. The molecule has 7 heteroatoms. The number of hydrogen-bond acceptors (Lipinski definition) is 4. The first-order chi connectivity index (χ1) is 16.2. The highest BCUT2D eigenvalue weighted by Gasteiger charge is 2.36. The Bertz CT molecular complexity index is 1100. The van der Waals surface area contributed by atoms with Gasteiger partial charge < -0.3 is 14.4 Å². The van der Waals surface area contributed by atoms with E-state index in [1.165, 1.54) is 36.6 Å². The first-order valence-electron chi connectivity index (χ1n) is 11.3. The largest absolute Gasteiger partial charge is 0.497 e. The maximum Gasteiger partial charge on any atom is 0.419 e. The van der Waals surface area contributed by atoms with Crippen LogP contribution in [0.15, 0.2) is 77.7 Å². The van der Waals surface area contributed by atoms with Crippen LogP contribution in [-0.2, 0) is 4.79 Å². The lowest BCUT2D eigenvalue weighted by molar-refractivity contribution is -0.129. The number of rotatable bonds is 4. The molecule has 1 aliphatic heterocycles. The number of ether oxygens (including phenoxy) is 2. The van der Waals surface area contributed by atoms with Gasteiger partial charge in [-0.2, -0.15) is 0 Å². The minimum absolute atomic E-state index is 0.160. The molecule has 1 aromatic rings. The molecule has 180 valence electrons. The van der Waals surface area contributed by atoms with Gasteiger partial charge >= 0.3 is 6.09 Å². The number of allylic oxidation sites excluding steroid dienone is 7. The summed E-state index contributed by atoms with van der Waals surface area (Å²) in [6.07, 6.45) is 12.3. The van der Waals surface area contributed by atoms with E-state index >= 15 is 0 Å². The van der Waals surface area contributed by atoms with Crippen LogP contribution in [0.3, 0.4) is 0 Å². The molecule has 0 saturated carbocycles. The molecule has 34 heavy (non-hydrogen) atoms. The van der Waals surface area contributed by atoms with E-state index in [1.807, 2.05) is 19.1 Å². The van der Waals surface area contributed by atoms with E-state index in [1.54, 1.807) is 11.0 Å². The zero-order valence-corrected chi connectivity index (χ0v) is 20.1. The van der Waals surface area contributed by atoms with Crippen LogP contribution in [0, 0.1) is 5.82 Å². The summed E-state index contributed by atoms with van der Waals surface area (Å²) < 4.78 is 24.6. The first kappa shape index (κ1) is 25.0. The van der Waals surface area contributed by atoms with Crippen LogP contribution >= 0.6 is 0 Å². The summed E-state index contributed by atoms with van der Waals surface area (Å²) in [6.45, 7) is 9.63. The molecule has 1 aliphatic carbocycles. The van der Waals surface area contributed by atoms with E-state index in [9.17, 15) is 14.0 Å². The highest BCUT2D eigenvalue weighted by Crippen LogP contribution is 2.30. The Morgan fingerprint density at radius 3 is 2.74 bits per heavy atom. The fourth-order valence-corrected chi connectivity index (χ4v) is 4.08. The number of amides is 2. The van der Waals surface area contributed by atoms with Crippen LogP contribution in [0.2, 0.25) is 0 Å². The molecule has 0 radical (unpaired) electrons. The third-order valence-electron chi connectivity index (χ3n) is 5.91. The zero-order chi connectivity index (χ0) is 24.8. The molecule has 3 rings (SSSR count). The second kappa shape index (κ2) is 11.0. The quantitative estimate of drug-likeness (QED) is 0.555. The summed E-state index contributed by atoms with van der Waals surface area (Å²) in [5.41, 5.74) is 3.23. The van der Waals surface area contributed by atoms with Crippen molar-refractivity contribution in [2.75, 3.05) is 13.7 Å². The fraction of sp³-hybridized carbons (Fsp3) is 0.333. The summed E-state index contributed by atoms with van der Waals surface area (Å²) in [5.74, 6) is -0.774. The van der Waals surface area contributed by atoms with Crippen LogP contribution in [0.1, 0.15) is 40.0 Å². The summed E-state index contributed by atoms with van der Waals surface area (Å²) in [4.78, 5) is 28.3. The summed E-state index contributed by atoms with van der Waals surface area (Å²) in [6, 6.07) is 3.66. The van der Waals surface area contributed by atoms with Gasteiger partial charge in [0, 0.05) is 19.5 Å². The minimum atomic E-state index is -0.774. The Kier molecular flexibility index (Phi) is 8.10. The van der Waals surface area contributed by atoms with E-state index in [4.69, 9.17) is 9.47 Å². The van der Waals surface area contributed by atoms with Gasteiger partial charge in [0.05, 0.1) is 24.5 Å². The maximum atomic E-state index is 14.3. The molecule has 2 amide bonds. The maximum absolute atomic E-state index is 14.3. The molecule has 0 N–H and O–H groups in total. The van der Waals surface area contributed by atoms with Crippen LogP contribution in [0.5, 0.6) is 11.5 Å². The van der Waals surface area contributed by atoms with E-state index < -0.39 is 11.9 Å². The van der Waals surface area contributed by atoms with Gasteiger partial charge in [-0.1, -0.05) is 36.5 Å². The first-order valence-corrected chi connectivity index (χ1v) is 11.3. The normalized spacial score (nSPS) is 20.2. The molecular weight excluding hydrogens is 435 g/mol. The average Bonchev–Trinajstić information content (AvgIpc) is 3.00. The van der Waals surface area contributed by atoms with Crippen molar-refractivity contribution in [2.45, 2.75) is 46.1 Å². The van der Waals surface area contributed by atoms with E-state index in [0.29, 0.717) is 17.1 Å². The summed E-state index contributed by atoms with van der Waals surface area (Å²) >= 11 is 0. The van der Waals surface area contributed by atoms with E-state index in [0.717, 1.165) is 30.9 Å². The Balaban J connectivity index is 1.86. The Morgan fingerprint density at radius 1 is 1.29 bits per heavy atom. The number of carbonyl (C=O) groups is 2. The third kappa shape index (κ3) is 5.65. The molecule has 6 nitrogen and oxygen atoms in total. The van der Waals surface area contributed by atoms with Gasteiger partial charge in [-0.05, 0) is 56.9 Å². The zero-order valence-electron chi connectivity index (χ0n) is 20.1. The molecule has 0 bridgehead atoms. The number of carbonyl (C=O) groups excluding carboxylic acids is 2. The summed E-state index contributed by atoms with van der Waals surface area (Å²) in [5, 5.41) is 0. The smallest absolute Gasteiger partial charge is 0.419 e. The van der Waals surface area contributed by atoms with E-state index in [-0.39, 0.29) is 24.2 Å². The van der Waals surface area contributed by atoms with Crippen molar-refractivity contribution in [1.82, 2.24) is 9.80 Å². The molecule has 0 aromatic heterocycles. The number of methoxy groups -OCH3 is 1. The van der Waals surface area contributed by atoms with Gasteiger partial charge in [0.2, 0.25) is 5.91 Å². The van der Waals surface area contributed by atoms with E-state index in [2.05, 4.69) is 25.7 Å². The summed E-state index contributed by atoms with van der Waals surface area (Å²) in [7, 11) is 1.42. The predicted molar refractivity (Wildman–Crippen MR) is 130 cm³/mol. The van der Waals surface area contributed by atoms with Crippen molar-refractivity contribution in [3.8, 4) is 11.5 Å². The highest BCUT2D eigenvalue weighted by atomic mass is 19.1. The lowest BCUT2D eigenvalue weighted by Gasteiger charge is -2.41. The van der Waals surface area contributed by atoms with Gasteiger partial charge in [0.25, 0.3) is 0 Å².